The summed E-state index contributed by atoms with van der Waals surface area (Å²) in [5.41, 5.74) is 7.03. The molecule has 0 aliphatic carbocycles. The first-order valence-corrected chi connectivity index (χ1v) is 5.28. The van der Waals surface area contributed by atoms with Crippen LogP contribution >= 0.6 is 0 Å². The number of rotatable bonds is 3. The summed E-state index contributed by atoms with van der Waals surface area (Å²) in [5.74, 6) is 1.16. The Hall–Kier alpha value is -2.17. The lowest BCUT2D eigenvalue weighted by Crippen LogP contribution is -1.91. The molecule has 0 unspecified atom stereocenters. The molecule has 0 aliphatic heterocycles. The second kappa shape index (κ2) is 4.37. The Morgan fingerprint density at radius 1 is 1.47 bits per heavy atom. The molecule has 5 nitrogen and oxygen atoms in total. The predicted octanol–water partition coefficient (Wildman–Crippen LogP) is 2.20. The van der Waals surface area contributed by atoms with E-state index in [0.717, 1.165) is 12.0 Å². The highest BCUT2D eigenvalue weighted by Gasteiger charge is 2.17. The van der Waals surface area contributed by atoms with E-state index in [1.807, 2.05) is 13.0 Å². The van der Waals surface area contributed by atoms with Crippen LogP contribution in [0.4, 0.5) is 5.82 Å². The number of nitrogen functional groups attached to an aromatic ring is 1. The summed E-state index contributed by atoms with van der Waals surface area (Å²) in [6, 6.07) is 5.18. The summed E-state index contributed by atoms with van der Waals surface area (Å²) in [6.07, 6.45) is 0.757. The normalized spacial score (nSPS) is 10.5. The molecule has 0 spiro atoms. The van der Waals surface area contributed by atoms with Gasteiger partial charge in [0.05, 0.1) is 12.7 Å². The highest BCUT2D eigenvalue weighted by molar-refractivity contribution is 5.74. The maximum atomic E-state index is 10.1. The quantitative estimate of drug-likeness (QED) is 0.850. The van der Waals surface area contributed by atoms with Crippen LogP contribution in [0.25, 0.3) is 11.3 Å². The van der Waals surface area contributed by atoms with Gasteiger partial charge in [0.25, 0.3) is 0 Å². The summed E-state index contributed by atoms with van der Waals surface area (Å²) in [4.78, 5) is 0. The van der Waals surface area contributed by atoms with Gasteiger partial charge in [-0.25, -0.2) is 0 Å². The van der Waals surface area contributed by atoms with Gasteiger partial charge in [-0.1, -0.05) is 18.1 Å². The van der Waals surface area contributed by atoms with Gasteiger partial charge >= 0.3 is 0 Å². The Balaban J connectivity index is 2.64. The first kappa shape index (κ1) is 11.3. The van der Waals surface area contributed by atoms with Crippen molar-refractivity contribution >= 4 is 5.82 Å². The second-order valence-corrected chi connectivity index (χ2v) is 3.62. The number of aromatic nitrogens is 1. The molecule has 0 saturated heterocycles. The summed E-state index contributed by atoms with van der Waals surface area (Å²) in [6.45, 7) is 1.99. The molecule has 0 saturated carbocycles. The fourth-order valence-electron chi connectivity index (χ4n) is 1.75. The summed E-state index contributed by atoms with van der Waals surface area (Å²) >= 11 is 0. The number of nitrogens with zero attached hydrogens (tertiary/aromatic N) is 1. The molecular formula is C12H14N2O3. The lowest BCUT2D eigenvalue weighted by atomic mass is 10.0. The van der Waals surface area contributed by atoms with E-state index in [4.69, 9.17) is 15.0 Å². The number of benzene rings is 1. The molecule has 0 aliphatic rings. The third-order valence-corrected chi connectivity index (χ3v) is 2.60. The third kappa shape index (κ3) is 1.91. The van der Waals surface area contributed by atoms with Gasteiger partial charge < -0.3 is 20.1 Å². The fourth-order valence-corrected chi connectivity index (χ4v) is 1.75. The number of nitrogens with two attached hydrogens (primary N) is 1. The zero-order valence-electron chi connectivity index (χ0n) is 9.73. The molecule has 0 bridgehead atoms. The number of ether oxygens (including phenoxy) is 1. The Morgan fingerprint density at radius 3 is 2.76 bits per heavy atom. The van der Waals surface area contributed by atoms with E-state index in [2.05, 4.69) is 5.16 Å². The van der Waals surface area contributed by atoms with E-state index in [-0.39, 0.29) is 11.6 Å². The van der Waals surface area contributed by atoms with E-state index >= 15 is 0 Å². The van der Waals surface area contributed by atoms with Crippen molar-refractivity contribution in [3.63, 3.8) is 0 Å². The summed E-state index contributed by atoms with van der Waals surface area (Å²) in [5, 5.41) is 13.7. The number of methoxy groups -OCH3 is 1. The number of phenols is 1. The van der Waals surface area contributed by atoms with Crippen LogP contribution in [0.15, 0.2) is 22.7 Å². The number of hydrogen-bond donors (Lipinski definition) is 2. The molecule has 1 aromatic heterocycles. The number of aromatic hydroxyl groups is 1. The summed E-state index contributed by atoms with van der Waals surface area (Å²) in [7, 11) is 1.50. The van der Waals surface area contributed by atoms with E-state index in [9.17, 15) is 5.11 Å². The molecule has 0 amide bonds. The first-order valence-electron chi connectivity index (χ1n) is 5.28. The van der Waals surface area contributed by atoms with Crippen molar-refractivity contribution in [2.75, 3.05) is 12.8 Å². The standard InChI is InChI=1S/C12H14N2O3/c1-3-7-4-5-8(16-2)12(15)11(7)9-6-10(13)14-17-9/h4-6,15H,3H2,1-2H3,(H2,13,14). The van der Waals surface area contributed by atoms with E-state index in [0.29, 0.717) is 17.1 Å². The van der Waals surface area contributed by atoms with Gasteiger partial charge in [0.15, 0.2) is 23.1 Å². The van der Waals surface area contributed by atoms with Crippen molar-refractivity contribution in [2.45, 2.75) is 13.3 Å². The smallest absolute Gasteiger partial charge is 0.173 e. The van der Waals surface area contributed by atoms with Crippen molar-refractivity contribution in [3.05, 3.63) is 23.8 Å². The van der Waals surface area contributed by atoms with Crippen LogP contribution in [0.5, 0.6) is 11.5 Å². The fraction of sp³-hybridized carbons (Fsp3) is 0.250. The molecule has 0 radical (unpaired) electrons. The Morgan fingerprint density at radius 2 is 2.24 bits per heavy atom. The van der Waals surface area contributed by atoms with E-state index in [1.54, 1.807) is 12.1 Å². The van der Waals surface area contributed by atoms with Crippen molar-refractivity contribution in [1.82, 2.24) is 5.16 Å². The van der Waals surface area contributed by atoms with Crippen LogP contribution in [0.1, 0.15) is 12.5 Å². The maximum absolute atomic E-state index is 10.1. The molecule has 17 heavy (non-hydrogen) atoms. The predicted molar refractivity (Wildman–Crippen MR) is 63.9 cm³/mol. The van der Waals surface area contributed by atoms with Crippen LogP contribution in [-0.2, 0) is 6.42 Å². The lowest BCUT2D eigenvalue weighted by Gasteiger charge is -2.10. The van der Waals surface area contributed by atoms with Crippen molar-refractivity contribution in [1.29, 1.82) is 0 Å². The van der Waals surface area contributed by atoms with Crippen LogP contribution in [0.2, 0.25) is 0 Å². The molecule has 0 fully saturated rings. The average Bonchev–Trinajstić information content (AvgIpc) is 2.75. The Labute approximate surface area is 98.8 Å². The van der Waals surface area contributed by atoms with Gasteiger partial charge in [0.1, 0.15) is 0 Å². The van der Waals surface area contributed by atoms with Crippen LogP contribution in [0, 0.1) is 0 Å². The Kier molecular flexibility index (Phi) is 2.91. The van der Waals surface area contributed by atoms with Gasteiger partial charge in [-0.3, -0.25) is 0 Å². The molecule has 90 valence electrons. The van der Waals surface area contributed by atoms with Crippen molar-refractivity contribution < 1.29 is 14.4 Å². The minimum absolute atomic E-state index is 0.0444. The zero-order valence-corrected chi connectivity index (χ0v) is 9.73. The number of aryl methyl sites for hydroxylation is 1. The number of phenolic OH excluding ortho intramolecular Hbond substituents is 1. The molecule has 1 aromatic carbocycles. The third-order valence-electron chi connectivity index (χ3n) is 2.60. The van der Waals surface area contributed by atoms with Gasteiger partial charge in [-0.2, -0.15) is 0 Å². The first-order chi connectivity index (χ1) is 8.17. The minimum Gasteiger partial charge on any atom is -0.504 e. The molecule has 5 heteroatoms. The van der Waals surface area contributed by atoms with Crippen molar-refractivity contribution in [2.24, 2.45) is 0 Å². The highest BCUT2D eigenvalue weighted by Crippen LogP contribution is 2.40. The minimum atomic E-state index is 0.0444. The number of anilines is 1. The SMILES string of the molecule is CCc1ccc(OC)c(O)c1-c1cc(N)no1. The van der Waals surface area contributed by atoms with Crippen LogP contribution in [0.3, 0.4) is 0 Å². The molecule has 2 rings (SSSR count). The molecular weight excluding hydrogens is 220 g/mol. The molecule has 2 aromatic rings. The van der Waals surface area contributed by atoms with Gasteiger partial charge in [-0.15, -0.1) is 0 Å². The van der Waals surface area contributed by atoms with Gasteiger partial charge in [0.2, 0.25) is 0 Å². The second-order valence-electron chi connectivity index (χ2n) is 3.62. The van der Waals surface area contributed by atoms with Gasteiger partial charge in [-0.05, 0) is 18.1 Å². The highest BCUT2D eigenvalue weighted by atomic mass is 16.5. The monoisotopic (exact) mass is 234 g/mol. The average molecular weight is 234 g/mol. The van der Waals surface area contributed by atoms with Crippen molar-refractivity contribution in [3.8, 4) is 22.8 Å². The molecule has 1 heterocycles. The topological polar surface area (TPSA) is 81.5 Å². The van der Waals surface area contributed by atoms with Crippen LogP contribution < -0.4 is 10.5 Å². The largest absolute Gasteiger partial charge is 0.504 e. The molecule has 3 N–H and O–H groups in total. The maximum Gasteiger partial charge on any atom is 0.173 e. The van der Waals surface area contributed by atoms with Crippen LogP contribution in [-0.4, -0.2) is 17.4 Å². The lowest BCUT2D eigenvalue weighted by molar-refractivity contribution is 0.371. The van der Waals surface area contributed by atoms with E-state index < -0.39 is 0 Å². The summed E-state index contributed by atoms with van der Waals surface area (Å²) < 4.78 is 10.2. The van der Waals surface area contributed by atoms with E-state index in [1.165, 1.54) is 7.11 Å². The molecule has 0 atom stereocenters. The Bertz CT molecular complexity index is 535. The zero-order chi connectivity index (χ0) is 12.4. The number of hydrogen-bond acceptors (Lipinski definition) is 5. The van der Waals surface area contributed by atoms with Gasteiger partial charge in [0, 0.05) is 6.07 Å².